The van der Waals surface area contributed by atoms with Gasteiger partial charge in [-0.1, -0.05) is 18.7 Å². The fourth-order valence-electron chi connectivity index (χ4n) is 9.62. The molecule has 25 nitrogen and oxygen atoms in total. The number of amides is 7. The van der Waals surface area contributed by atoms with E-state index in [9.17, 15) is 54.0 Å². The summed E-state index contributed by atoms with van der Waals surface area (Å²) in [5.41, 5.74) is -4.06. The highest BCUT2D eigenvalue weighted by Crippen LogP contribution is 2.39. The van der Waals surface area contributed by atoms with Crippen molar-refractivity contribution >= 4 is 42.1 Å². The Morgan fingerprint density at radius 1 is 0.846 bits per heavy atom. The molecule has 1 unspecified atom stereocenters. The van der Waals surface area contributed by atoms with Crippen LogP contribution in [0.3, 0.4) is 0 Å². The van der Waals surface area contributed by atoms with Crippen LogP contribution in [0.15, 0.2) is 48.4 Å². The molecule has 5 rings (SSSR count). The molecule has 1 aromatic rings. The summed E-state index contributed by atoms with van der Waals surface area (Å²) in [5.74, 6) is -2.70. The Kier molecular flexibility index (Phi) is 20.8. The molecular formula is C53H81N7O18. The number of fused-ring (bicyclic) bond motifs is 1. The van der Waals surface area contributed by atoms with Crippen molar-refractivity contribution in [1.82, 2.24) is 36.4 Å². The number of benzene rings is 1. The fourth-order valence-corrected chi connectivity index (χ4v) is 9.62. The SMILES string of the molecule is C=C(C)OC(=O)N[C@@H]1CC=C(CNCCCN2C(=O)c3ccccc3C2=O)O[C@@H]1C1[C@@H](NC(=O)OC(C)(C)C)C[C@@H](NC(=O)[C@@H](O)CCNC(=O)OC(C)(C)C)[C@H](O[C@H]2OC[C@](C)(O)[C@H](N(C)C(=O)OC(C)(C)C)[C@H]2O)[C@H]1O. The van der Waals surface area contributed by atoms with Gasteiger partial charge in [0.1, 0.15) is 52.6 Å². The molecule has 4 aliphatic rings. The first kappa shape index (κ1) is 62.7. The molecule has 0 aromatic heterocycles. The maximum atomic E-state index is 14.0. The van der Waals surface area contributed by atoms with Crippen molar-refractivity contribution < 1.29 is 87.1 Å². The van der Waals surface area contributed by atoms with E-state index < -0.39 is 138 Å². The fraction of sp³-hybridized carbons (Fsp3) is 0.679. The van der Waals surface area contributed by atoms with Crippen LogP contribution in [0.4, 0.5) is 19.2 Å². The summed E-state index contributed by atoms with van der Waals surface area (Å²) in [6.07, 6.45) is -12.2. The lowest BCUT2D eigenvalue weighted by Crippen LogP contribution is -2.71. The third kappa shape index (κ3) is 17.2. The number of allylic oxidation sites excluding steroid dienone is 1. The maximum Gasteiger partial charge on any atom is 0.412 e. The summed E-state index contributed by atoms with van der Waals surface area (Å²) in [6, 6.07) is 1.54. The highest BCUT2D eigenvalue weighted by molar-refractivity contribution is 6.21. The first-order valence-electron chi connectivity index (χ1n) is 26.1. The largest absolute Gasteiger partial charge is 0.491 e. The zero-order valence-corrected chi connectivity index (χ0v) is 46.7. The van der Waals surface area contributed by atoms with E-state index in [1.165, 1.54) is 25.8 Å². The van der Waals surface area contributed by atoms with Crippen molar-refractivity contribution in [3.05, 3.63) is 59.6 Å². The molecule has 436 valence electrons. The Bertz CT molecular complexity index is 2340. The van der Waals surface area contributed by atoms with Crippen LogP contribution in [0.5, 0.6) is 0 Å². The number of alkyl carbamates (subject to hydrolysis) is 3. The van der Waals surface area contributed by atoms with Crippen LogP contribution in [0.1, 0.15) is 123 Å². The second kappa shape index (κ2) is 25.8. The third-order valence-corrected chi connectivity index (χ3v) is 12.8. The van der Waals surface area contributed by atoms with Crippen molar-refractivity contribution in [1.29, 1.82) is 0 Å². The minimum atomic E-state index is -1.90. The number of ether oxygens (including phenoxy) is 7. The van der Waals surface area contributed by atoms with Crippen LogP contribution in [-0.2, 0) is 38.0 Å². The van der Waals surface area contributed by atoms with Crippen LogP contribution >= 0.6 is 0 Å². The van der Waals surface area contributed by atoms with Gasteiger partial charge in [-0.2, -0.15) is 0 Å². The molecule has 78 heavy (non-hydrogen) atoms. The smallest absolute Gasteiger partial charge is 0.412 e. The lowest BCUT2D eigenvalue weighted by molar-refractivity contribution is -0.305. The number of likely N-dealkylation sites (N-methyl/N-ethyl adjacent to an activating group) is 1. The molecule has 3 heterocycles. The van der Waals surface area contributed by atoms with Gasteiger partial charge in [0.25, 0.3) is 11.8 Å². The summed E-state index contributed by atoms with van der Waals surface area (Å²) < 4.78 is 40.8. The van der Waals surface area contributed by atoms with E-state index >= 15 is 0 Å². The van der Waals surface area contributed by atoms with Gasteiger partial charge in [-0.15, -0.1) is 0 Å². The van der Waals surface area contributed by atoms with Crippen LogP contribution in [0.25, 0.3) is 0 Å². The topological polar surface area (TPSA) is 332 Å². The second-order valence-electron chi connectivity index (χ2n) is 23.2. The molecule has 7 amide bonds. The van der Waals surface area contributed by atoms with Gasteiger partial charge in [0.15, 0.2) is 6.29 Å². The Balaban J connectivity index is 1.49. The quantitative estimate of drug-likeness (QED) is 0.0442. The lowest BCUT2D eigenvalue weighted by atomic mass is 9.72. The number of carbonyl (C=O) groups is 7. The second-order valence-corrected chi connectivity index (χ2v) is 23.2. The highest BCUT2D eigenvalue weighted by Gasteiger charge is 2.57. The first-order valence-corrected chi connectivity index (χ1v) is 26.1. The molecule has 1 aromatic carbocycles. The number of hydrogen-bond donors (Lipinski definition) is 9. The number of aliphatic hydroxyl groups excluding tert-OH is 3. The predicted octanol–water partition coefficient (Wildman–Crippen LogP) is 2.69. The number of imide groups is 1. The van der Waals surface area contributed by atoms with Crippen LogP contribution < -0.4 is 26.6 Å². The molecule has 9 N–H and O–H groups in total. The van der Waals surface area contributed by atoms with Gasteiger partial charge >= 0.3 is 24.4 Å². The van der Waals surface area contributed by atoms with Crippen molar-refractivity contribution in [3.63, 3.8) is 0 Å². The number of nitrogens with one attached hydrogen (secondary N) is 5. The van der Waals surface area contributed by atoms with Gasteiger partial charge in [0, 0.05) is 32.1 Å². The van der Waals surface area contributed by atoms with Gasteiger partial charge in [-0.25, -0.2) is 19.2 Å². The first-order chi connectivity index (χ1) is 36.2. The van der Waals surface area contributed by atoms with E-state index in [2.05, 4.69) is 33.2 Å². The van der Waals surface area contributed by atoms with Gasteiger partial charge in [0.05, 0.1) is 54.3 Å². The summed E-state index contributed by atoms with van der Waals surface area (Å²) in [7, 11) is 1.31. The summed E-state index contributed by atoms with van der Waals surface area (Å²) in [5, 5.41) is 61.7. The van der Waals surface area contributed by atoms with Gasteiger partial charge in [0.2, 0.25) is 5.91 Å². The minimum Gasteiger partial charge on any atom is -0.491 e. The zero-order chi connectivity index (χ0) is 58.2. The molecule has 3 aliphatic heterocycles. The van der Waals surface area contributed by atoms with Gasteiger partial charge in [-0.05, 0) is 127 Å². The van der Waals surface area contributed by atoms with Crippen molar-refractivity contribution in [2.75, 3.05) is 39.8 Å². The molecule has 1 aliphatic carbocycles. The number of nitrogens with zero attached hydrogens (tertiary/aromatic N) is 2. The summed E-state index contributed by atoms with van der Waals surface area (Å²) in [4.78, 5) is 95.0. The number of aliphatic hydroxyl groups is 4. The van der Waals surface area contributed by atoms with E-state index in [1.807, 2.05) is 0 Å². The summed E-state index contributed by atoms with van der Waals surface area (Å²) >= 11 is 0. The van der Waals surface area contributed by atoms with E-state index in [1.54, 1.807) is 92.7 Å². The molecule has 2 fully saturated rings. The Labute approximate surface area is 455 Å². The molecular weight excluding hydrogens is 1020 g/mol. The molecule has 1 saturated carbocycles. The van der Waals surface area contributed by atoms with Gasteiger partial charge in [-0.3, -0.25) is 19.3 Å². The predicted molar refractivity (Wildman–Crippen MR) is 278 cm³/mol. The Hall–Kier alpha value is -6.09. The lowest BCUT2D eigenvalue weighted by Gasteiger charge is -2.52. The van der Waals surface area contributed by atoms with Crippen LogP contribution in [0.2, 0.25) is 0 Å². The third-order valence-electron chi connectivity index (χ3n) is 12.8. The van der Waals surface area contributed by atoms with Crippen molar-refractivity contribution in [3.8, 4) is 0 Å². The average Bonchev–Trinajstić information content (AvgIpc) is 3.58. The van der Waals surface area contributed by atoms with Crippen LogP contribution in [0, 0.1) is 5.92 Å². The van der Waals surface area contributed by atoms with Crippen LogP contribution in [-0.4, -0.2) is 196 Å². The average molecular weight is 1100 g/mol. The monoisotopic (exact) mass is 1100 g/mol. The molecule has 25 heteroatoms. The molecule has 0 radical (unpaired) electrons. The van der Waals surface area contributed by atoms with Gasteiger partial charge < -0.3 is 85.1 Å². The number of hydrogen-bond acceptors (Lipinski definition) is 19. The van der Waals surface area contributed by atoms with Crippen molar-refractivity contribution in [2.45, 2.75) is 185 Å². The van der Waals surface area contributed by atoms with E-state index in [4.69, 9.17) is 33.2 Å². The standard InChI is InChI=1S/C53H81N7O18/c1-28(2)73-47(68)57-32-20-19-29(26-54-22-16-24-60-43(65)30-17-14-15-18-31(30)44(60)66)74-39(32)36-33(58-48(69)77-51(6,7)8)25-34(56-42(64)35(61)21-23-55-46(67)76-50(3,4)5)40(37(36)62)75-45-38(63)41(53(12,71)27-72-45)59(13)49(70)78-52(9,10)11/h14-15,17-19,32-41,45,54,61-63,71H,1,16,20-27H2,2-13H3,(H,55,67)(H,56,64)(H,57,68)(H,58,69)/t32-,33+,34-,35+,36?,37+,38-,39+,40+,41-,45-,53+/m1/s1. The number of rotatable bonds is 18. The Morgan fingerprint density at radius 2 is 1.44 bits per heavy atom. The minimum absolute atomic E-state index is 0.0556. The van der Waals surface area contributed by atoms with E-state index in [0.29, 0.717) is 29.9 Å². The van der Waals surface area contributed by atoms with Crippen molar-refractivity contribution in [2.24, 2.45) is 5.92 Å². The molecule has 1 saturated heterocycles. The number of carbonyl (C=O) groups excluding carboxylic acids is 7. The Morgan fingerprint density at radius 3 is 2.03 bits per heavy atom. The molecule has 12 atom stereocenters. The maximum absolute atomic E-state index is 14.0. The zero-order valence-electron chi connectivity index (χ0n) is 46.7. The molecule has 0 bridgehead atoms. The summed E-state index contributed by atoms with van der Waals surface area (Å²) in [6.45, 7) is 21.0. The normalized spacial score (nSPS) is 27.7. The molecule has 0 spiro atoms. The van der Waals surface area contributed by atoms with E-state index in [-0.39, 0.29) is 44.7 Å². The highest BCUT2D eigenvalue weighted by atomic mass is 16.7. The van der Waals surface area contributed by atoms with E-state index in [0.717, 1.165) is 4.90 Å².